The van der Waals surface area contributed by atoms with Crippen LogP contribution in [0.5, 0.6) is 0 Å². The highest BCUT2D eigenvalue weighted by Crippen LogP contribution is 2.27. The van der Waals surface area contributed by atoms with Crippen molar-refractivity contribution in [3.8, 4) is 5.69 Å². The first-order valence-corrected chi connectivity index (χ1v) is 9.81. The summed E-state index contributed by atoms with van der Waals surface area (Å²) in [5, 5.41) is 15.7. The summed E-state index contributed by atoms with van der Waals surface area (Å²) in [6.45, 7) is 6.02. The van der Waals surface area contributed by atoms with E-state index in [1.807, 2.05) is 75.4 Å². The SMILES string of the molecule is CC(C)OCc1c(C(=O)NC(C)c2nnnn2-c2ccccc2)oc2ccccc12. The molecule has 0 fully saturated rings. The van der Waals surface area contributed by atoms with Crippen LogP contribution in [0.15, 0.2) is 59.0 Å². The molecule has 0 saturated carbocycles. The average Bonchev–Trinajstić information content (AvgIpc) is 3.38. The molecule has 1 amide bonds. The van der Waals surface area contributed by atoms with Crippen molar-refractivity contribution >= 4 is 16.9 Å². The third-order valence-corrected chi connectivity index (χ3v) is 4.69. The summed E-state index contributed by atoms with van der Waals surface area (Å²) < 4.78 is 13.2. The Labute approximate surface area is 173 Å². The summed E-state index contributed by atoms with van der Waals surface area (Å²) in [5.74, 6) is 0.414. The van der Waals surface area contributed by atoms with Gasteiger partial charge in [-0.25, -0.2) is 0 Å². The summed E-state index contributed by atoms with van der Waals surface area (Å²) in [7, 11) is 0. The second-order valence-electron chi connectivity index (χ2n) is 7.25. The molecule has 4 aromatic rings. The van der Waals surface area contributed by atoms with E-state index in [1.54, 1.807) is 4.68 Å². The minimum Gasteiger partial charge on any atom is -0.451 e. The fourth-order valence-electron chi connectivity index (χ4n) is 3.22. The number of amides is 1. The van der Waals surface area contributed by atoms with Gasteiger partial charge in [-0.2, -0.15) is 4.68 Å². The molecule has 1 unspecified atom stereocenters. The molecule has 2 heterocycles. The van der Waals surface area contributed by atoms with Crippen molar-refractivity contribution in [1.29, 1.82) is 0 Å². The Morgan fingerprint density at radius 1 is 1.10 bits per heavy atom. The summed E-state index contributed by atoms with van der Waals surface area (Å²) in [6, 6.07) is 16.6. The second kappa shape index (κ2) is 8.46. The first-order chi connectivity index (χ1) is 14.5. The second-order valence-corrected chi connectivity index (χ2v) is 7.25. The Morgan fingerprint density at radius 3 is 2.60 bits per heavy atom. The predicted molar refractivity (Wildman–Crippen MR) is 111 cm³/mol. The van der Waals surface area contributed by atoms with Gasteiger partial charge in [0, 0.05) is 10.9 Å². The normalized spacial score (nSPS) is 12.4. The molecule has 0 aliphatic carbocycles. The number of hydrogen-bond donors (Lipinski definition) is 1. The van der Waals surface area contributed by atoms with Gasteiger partial charge in [0.2, 0.25) is 0 Å². The maximum Gasteiger partial charge on any atom is 0.288 e. The van der Waals surface area contributed by atoms with Gasteiger partial charge >= 0.3 is 0 Å². The van der Waals surface area contributed by atoms with E-state index in [9.17, 15) is 4.79 Å². The molecule has 0 aliphatic rings. The zero-order chi connectivity index (χ0) is 21.1. The summed E-state index contributed by atoms with van der Waals surface area (Å²) >= 11 is 0. The molecule has 30 heavy (non-hydrogen) atoms. The number of furan rings is 1. The van der Waals surface area contributed by atoms with Crippen LogP contribution in [-0.2, 0) is 11.3 Å². The Kier molecular flexibility index (Phi) is 5.58. The smallest absolute Gasteiger partial charge is 0.288 e. The van der Waals surface area contributed by atoms with Crippen molar-refractivity contribution in [1.82, 2.24) is 25.5 Å². The quantitative estimate of drug-likeness (QED) is 0.502. The van der Waals surface area contributed by atoms with Gasteiger partial charge in [-0.05, 0) is 49.4 Å². The number of rotatable bonds is 7. The summed E-state index contributed by atoms with van der Waals surface area (Å²) in [6.07, 6.45) is 0.0315. The molecular formula is C22H23N5O3. The number of nitrogens with one attached hydrogen (secondary N) is 1. The van der Waals surface area contributed by atoms with E-state index in [0.717, 1.165) is 16.6 Å². The minimum atomic E-state index is -0.445. The van der Waals surface area contributed by atoms with Crippen molar-refractivity contribution in [2.24, 2.45) is 0 Å². The molecule has 0 radical (unpaired) electrons. The number of ether oxygens (including phenoxy) is 1. The number of aromatic nitrogens is 4. The number of fused-ring (bicyclic) bond motifs is 1. The highest BCUT2D eigenvalue weighted by molar-refractivity contribution is 5.99. The fourth-order valence-corrected chi connectivity index (χ4v) is 3.22. The number of carbonyl (C=O) groups excluding carboxylic acids is 1. The number of para-hydroxylation sites is 2. The van der Waals surface area contributed by atoms with E-state index in [1.165, 1.54) is 0 Å². The zero-order valence-corrected chi connectivity index (χ0v) is 17.1. The Hall–Kier alpha value is -3.52. The highest BCUT2D eigenvalue weighted by Gasteiger charge is 2.24. The van der Waals surface area contributed by atoms with Crippen LogP contribution in [0.25, 0.3) is 16.7 Å². The van der Waals surface area contributed by atoms with E-state index in [4.69, 9.17) is 9.15 Å². The zero-order valence-electron chi connectivity index (χ0n) is 17.1. The molecule has 1 N–H and O–H groups in total. The minimum absolute atomic E-state index is 0.0315. The van der Waals surface area contributed by atoms with Crippen molar-refractivity contribution in [3.63, 3.8) is 0 Å². The summed E-state index contributed by atoms with van der Waals surface area (Å²) in [4.78, 5) is 13.1. The lowest BCUT2D eigenvalue weighted by molar-refractivity contribution is 0.0642. The van der Waals surface area contributed by atoms with Gasteiger partial charge in [0.05, 0.1) is 24.4 Å². The lowest BCUT2D eigenvalue weighted by atomic mass is 10.1. The van der Waals surface area contributed by atoms with Crippen molar-refractivity contribution in [2.45, 2.75) is 39.5 Å². The van der Waals surface area contributed by atoms with Gasteiger partial charge in [-0.3, -0.25) is 4.79 Å². The van der Waals surface area contributed by atoms with Crippen molar-refractivity contribution in [3.05, 3.63) is 71.7 Å². The lowest BCUT2D eigenvalue weighted by Crippen LogP contribution is -2.29. The first-order valence-electron chi connectivity index (χ1n) is 9.81. The molecule has 0 bridgehead atoms. The molecule has 0 saturated heterocycles. The number of benzene rings is 2. The largest absolute Gasteiger partial charge is 0.451 e. The van der Waals surface area contributed by atoms with E-state index >= 15 is 0 Å². The third-order valence-electron chi connectivity index (χ3n) is 4.69. The Bertz CT molecular complexity index is 1150. The van der Waals surface area contributed by atoms with Crippen LogP contribution in [0.1, 0.15) is 48.8 Å². The molecular weight excluding hydrogens is 382 g/mol. The highest BCUT2D eigenvalue weighted by atomic mass is 16.5. The number of tetrazole rings is 1. The van der Waals surface area contributed by atoms with Gasteiger partial charge in [-0.1, -0.05) is 36.4 Å². The monoisotopic (exact) mass is 405 g/mol. The molecule has 1 atom stereocenters. The predicted octanol–water partition coefficient (Wildman–Crippen LogP) is 3.82. The van der Waals surface area contributed by atoms with Crippen molar-refractivity contribution < 1.29 is 13.9 Å². The van der Waals surface area contributed by atoms with Crippen LogP contribution in [0, 0.1) is 0 Å². The first kappa shape index (κ1) is 19.8. The fraction of sp³-hybridized carbons (Fsp3) is 0.273. The van der Waals surface area contributed by atoms with E-state index in [2.05, 4.69) is 20.8 Å². The lowest BCUT2D eigenvalue weighted by Gasteiger charge is -2.14. The van der Waals surface area contributed by atoms with Crippen LogP contribution in [0.3, 0.4) is 0 Å². The topological polar surface area (TPSA) is 95.1 Å². The Morgan fingerprint density at radius 2 is 1.83 bits per heavy atom. The van der Waals surface area contributed by atoms with E-state index < -0.39 is 6.04 Å². The van der Waals surface area contributed by atoms with Crippen LogP contribution in [0.2, 0.25) is 0 Å². The van der Waals surface area contributed by atoms with Gasteiger partial charge in [0.25, 0.3) is 5.91 Å². The maximum absolute atomic E-state index is 13.1. The van der Waals surface area contributed by atoms with Crippen LogP contribution in [0.4, 0.5) is 0 Å². The third kappa shape index (κ3) is 3.95. The molecule has 154 valence electrons. The molecule has 2 aromatic carbocycles. The van der Waals surface area contributed by atoms with E-state index in [-0.39, 0.29) is 24.4 Å². The summed E-state index contributed by atoms with van der Waals surface area (Å²) in [5.41, 5.74) is 2.19. The van der Waals surface area contributed by atoms with Crippen molar-refractivity contribution in [2.75, 3.05) is 0 Å². The maximum atomic E-state index is 13.1. The molecule has 2 aromatic heterocycles. The molecule has 4 rings (SSSR count). The standard InChI is InChI=1S/C22H23N5O3/c1-14(2)29-13-18-17-11-7-8-12-19(17)30-20(18)22(28)23-15(3)21-24-25-26-27(21)16-9-5-4-6-10-16/h4-12,14-15H,13H2,1-3H3,(H,23,28). The van der Waals surface area contributed by atoms with Crippen LogP contribution in [-0.4, -0.2) is 32.2 Å². The van der Waals surface area contributed by atoms with Crippen LogP contribution >= 0.6 is 0 Å². The molecule has 0 aliphatic heterocycles. The molecule has 8 heteroatoms. The molecule has 8 nitrogen and oxygen atoms in total. The molecule has 0 spiro atoms. The van der Waals surface area contributed by atoms with Crippen LogP contribution < -0.4 is 5.32 Å². The van der Waals surface area contributed by atoms with Gasteiger partial charge in [0.1, 0.15) is 5.58 Å². The number of hydrogen-bond acceptors (Lipinski definition) is 6. The van der Waals surface area contributed by atoms with Gasteiger partial charge in [-0.15, -0.1) is 5.10 Å². The average molecular weight is 405 g/mol. The Balaban J connectivity index is 1.61. The van der Waals surface area contributed by atoms with Gasteiger partial charge < -0.3 is 14.5 Å². The number of carbonyl (C=O) groups is 1. The number of nitrogens with zero attached hydrogens (tertiary/aromatic N) is 4. The van der Waals surface area contributed by atoms with E-state index in [0.29, 0.717) is 11.4 Å². The van der Waals surface area contributed by atoms with Gasteiger partial charge in [0.15, 0.2) is 11.6 Å².